The molecular formula is C13H18F3NO. The summed E-state index contributed by atoms with van der Waals surface area (Å²) in [7, 11) is 0. The van der Waals surface area contributed by atoms with E-state index in [1.54, 1.807) is 12.1 Å². The minimum Gasteiger partial charge on any atom is -0.382 e. The fourth-order valence-electron chi connectivity index (χ4n) is 1.50. The van der Waals surface area contributed by atoms with Gasteiger partial charge in [0.15, 0.2) is 6.10 Å². The number of benzene rings is 1. The van der Waals surface area contributed by atoms with Crippen LogP contribution in [0.5, 0.6) is 0 Å². The zero-order chi connectivity index (χ0) is 13.6. The summed E-state index contributed by atoms with van der Waals surface area (Å²) >= 11 is 0. The van der Waals surface area contributed by atoms with E-state index < -0.39 is 18.8 Å². The Balaban J connectivity index is 2.44. The molecule has 1 rings (SSSR count). The normalized spacial score (nSPS) is 13.4. The van der Waals surface area contributed by atoms with E-state index in [1.807, 2.05) is 12.1 Å². The lowest BCUT2D eigenvalue weighted by atomic mass is 10.1. The van der Waals surface area contributed by atoms with Gasteiger partial charge < -0.3 is 10.4 Å². The number of anilines is 1. The molecule has 2 nitrogen and oxygen atoms in total. The van der Waals surface area contributed by atoms with Gasteiger partial charge in [0.1, 0.15) is 0 Å². The van der Waals surface area contributed by atoms with Crippen LogP contribution in [0.15, 0.2) is 24.3 Å². The summed E-state index contributed by atoms with van der Waals surface area (Å²) in [6, 6.07) is 7.23. The first-order valence-corrected chi connectivity index (χ1v) is 6.01. The molecule has 1 unspecified atom stereocenters. The van der Waals surface area contributed by atoms with Crippen LogP contribution >= 0.6 is 0 Å². The molecule has 0 bridgehead atoms. The molecule has 1 atom stereocenters. The van der Waals surface area contributed by atoms with Crippen LogP contribution in [0.3, 0.4) is 0 Å². The van der Waals surface area contributed by atoms with Gasteiger partial charge >= 0.3 is 6.18 Å². The summed E-state index contributed by atoms with van der Waals surface area (Å²) in [5.41, 5.74) is 1.75. The first kappa shape index (κ1) is 14.8. The van der Waals surface area contributed by atoms with Crippen LogP contribution < -0.4 is 5.32 Å². The second-order valence-corrected chi connectivity index (χ2v) is 4.24. The van der Waals surface area contributed by atoms with Gasteiger partial charge in [-0.1, -0.05) is 25.5 Å². The average molecular weight is 261 g/mol. The molecule has 5 heteroatoms. The number of aliphatic hydroxyl groups is 1. The SMILES string of the molecule is CCCCc1ccc(NCC(O)C(F)(F)F)cc1. The van der Waals surface area contributed by atoms with Crippen molar-refractivity contribution in [1.82, 2.24) is 0 Å². The van der Waals surface area contributed by atoms with Crippen LogP contribution in [0.2, 0.25) is 0 Å². The van der Waals surface area contributed by atoms with E-state index in [0.29, 0.717) is 5.69 Å². The lowest BCUT2D eigenvalue weighted by Gasteiger charge is -2.15. The fourth-order valence-corrected chi connectivity index (χ4v) is 1.50. The lowest BCUT2D eigenvalue weighted by Crippen LogP contribution is -2.34. The summed E-state index contributed by atoms with van der Waals surface area (Å²) in [5.74, 6) is 0. The number of hydrogen-bond acceptors (Lipinski definition) is 2. The van der Waals surface area contributed by atoms with E-state index in [9.17, 15) is 13.2 Å². The van der Waals surface area contributed by atoms with Gasteiger partial charge in [-0.15, -0.1) is 0 Å². The number of halogens is 3. The molecular weight excluding hydrogens is 243 g/mol. The van der Waals surface area contributed by atoms with Crippen molar-refractivity contribution in [2.24, 2.45) is 0 Å². The molecule has 18 heavy (non-hydrogen) atoms. The van der Waals surface area contributed by atoms with Crippen LogP contribution in [0.1, 0.15) is 25.3 Å². The van der Waals surface area contributed by atoms with Gasteiger partial charge in [0.2, 0.25) is 0 Å². The highest BCUT2D eigenvalue weighted by Crippen LogP contribution is 2.20. The number of unbranched alkanes of at least 4 members (excludes halogenated alkanes) is 1. The maximum Gasteiger partial charge on any atom is 0.416 e. The second-order valence-electron chi connectivity index (χ2n) is 4.24. The summed E-state index contributed by atoms with van der Waals surface area (Å²) in [6.45, 7) is 1.58. The van der Waals surface area contributed by atoms with Crippen LogP contribution in [0, 0.1) is 0 Å². The van der Waals surface area contributed by atoms with Crippen LogP contribution in [0.25, 0.3) is 0 Å². The summed E-state index contributed by atoms with van der Waals surface area (Å²) in [4.78, 5) is 0. The van der Waals surface area contributed by atoms with E-state index >= 15 is 0 Å². The molecule has 0 aliphatic carbocycles. The maximum absolute atomic E-state index is 12.1. The van der Waals surface area contributed by atoms with Crippen molar-refractivity contribution in [2.45, 2.75) is 38.5 Å². The molecule has 0 amide bonds. The Morgan fingerprint density at radius 2 is 1.83 bits per heavy atom. The van der Waals surface area contributed by atoms with Gasteiger partial charge in [0.25, 0.3) is 0 Å². The molecule has 0 aliphatic rings. The first-order valence-electron chi connectivity index (χ1n) is 6.01. The predicted molar refractivity (Wildman–Crippen MR) is 65.6 cm³/mol. The minimum absolute atomic E-state index is 0.530. The van der Waals surface area contributed by atoms with Crippen molar-refractivity contribution in [3.8, 4) is 0 Å². The van der Waals surface area contributed by atoms with E-state index in [0.717, 1.165) is 19.3 Å². The van der Waals surface area contributed by atoms with Gasteiger partial charge in [-0.05, 0) is 30.5 Å². The van der Waals surface area contributed by atoms with Crippen molar-refractivity contribution in [3.05, 3.63) is 29.8 Å². The van der Waals surface area contributed by atoms with Gasteiger partial charge in [0.05, 0.1) is 0 Å². The average Bonchev–Trinajstić information content (AvgIpc) is 2.33. The molecule has 0 heterocycles. The topological polar surface area (TPSA) is 32.3 Å². The van der Waals surface area contributed by atoms with Crippen LogP contribution in [-0.2, 0) is 6.42 Å². The molecule has 0 saturated carbocycles. The molecule has 102 valence electrons. The van der Waals surface area contributed by atoms with Crippen molar-refractivity contribution >= 4 is 5.69 Å². The quantitative estimate of drug-likeness (QED) is 0.823. The van der Waals surface area contributed by atoms with E-state index in [2.05, 4.69) is 12.2 Å². The third kappa shape index (κ3) is 4.96. The number of aliphatic hydroxyl groups excluding tert-OH is 1. The monoisotopic (exact) mass is 261 g/mol. The zero-order valence-corrected chi connectivity index (χ0v) is 10.3. The molecule has 2 N–H and O–H groups in total. The highest BCUT2D eigenvalue weighted by Gasteiger charge is 2.37. The minimum atomic E-state index is -4.58. The van der Waals surface area contributed by atoms with E-state index in [1.165, 1.54) is 5.56 Å². The Kier molecular flexibility index (Phi) is 5.47. The van der Waals surface area contributed by atoms with E-state index in [4.69, 9.17) is 5.11 Å². The maximum atomic E-state index is 12.1. The van der Waals surface area contributed by atoms with Gasteiger partial charge in [0, 0.05) is 12.2 Å². The van der Waals surface area contributed by atoms with Crippen molar-refractivity contribution in [3.63, 3.8) is 0 Å². The highest BCUT2D eigenvalue weighted by molar-refractivity contribution is 5.44. The lowest BCUT2D eigenvalue weighted by molar-refractivity contribution is -0.198. The summed E-state index contributed by atoms with van der Waals surface area (Å²) in [6.07, 6.45) is -3.73. The number of rotatable bonds is 6. The molecule has 0 radical (unpaired) electrons. The van der Waals surface area contributed by atoms with Crippen LogP contribution in [-0.4, -0.2) is 23.9 Å². The molecule has 1 aromatic rings. The van der Waals surface area contributed by atoms with Gasteiger partial charge in [-0.2, -0.15) is 13.2 Å². The molecule has 0 fully saturated rings. The smallest absolute Gasteiger partial charge is 0.382 e. The third-order valence-corrected chi connectivity index (χ3v) is 2.65. The number of hydrogen-bond donors (Lipinski definition) is 2. The third-order valence-electron chi connectivity index (χ3n) is 2.65. The molecule has 0 saturated heterocycles. The standard InChI is InChI=1S/C13H18F3NO/c1-2-3-4-10-5-7-11(8-6-10)17-9-12(18)13(14,15)16/h5-8,12,17-18H,2-4,9H2,1H3. The van der Waals surface area contributed by atoms with Crippen molar-refractivity contribution < 1.29 is 18.3 Å². The first-order chi connectivity index (χ1) is 8.43. The van der Waals surface area contributed by atoms with E-state index in [-0.39, 0.29) is 0 Å². The molecule has 0 aromatic heterocycles. The number of aryl methyl sites for hydroxylation is 1. The summed E-state index contributed by atoms with van der Waals surface area (Å²) in [5, 5.41) is 11.4. The van der Waals surface area contributed by atoms with Crippen LogP contribution in [0.4, 0.5) is 18.9 Å². The Morgan fingerprint density at radius 3 is 2.33 bits per heavy atom. The molecule has 1 aromatic carbocycles. The van der Waals surface area contributed by atoms with Gasteiger partial charge in [-0.3, -0.25) is 0 Å². The number of alkyl halides is 3. The predicted octanol–water partition coefficient (Wildman–Crippen LogP) is 3.36. The Morgan fingerprint density at radius 1 is 1.22 bits per heavy atom. The molecule has 0 aliphatic heterocycles. The zero-order valence-electron chi connectivity index (χ0n) is 10.3. The molecule has 0 spiro atoms. The fraction of sp³-hybridized carbons (Fsp3) is 0.538. The highest BCUT2D eigenvalue weighted by atomic mass is 19.4. The largest absolute Gasteiger partial charge is 0.416 e. The Bertz CT molecular complexity index is 348. The Labute approximate surface area is 105 Å². The number of nitrogens with one attached hydrogen (secondary N) is 1. The second kappa shape index (κ2) is 6.64. The van der Waals surface area contributed by atoms with Gasteiger partial charge in [-0.25, -0.2) is 0 Å². The summed E-state index contributed by atoms with van der Waals surface area (Å²) < 4.78 is 36.2. The Hall–Kier alpha value is -1.23. The van der Waals surface area contributed by atoms with Crippen molar-refractivity contribution in [1.29, 1.82) is 0 Å². The van der Waals surface area contributed by atoms with Crippen molar-refractivity contribution in [2.75, 3.05) is 11.9 Å².